The molecule has 12 heavy (non-hydrogen) atoms. The summed E-state index contributed by atoms with van der Waals surface area (Å²) in [5, 5.41) is 9.75. The molecule has 4 heteroatoms. The second-order valence-corrected chi connectivity index (χ2v) is 2.46. The normalized spacial score (nSPS) is 10.9. The maximum atomic E-state index is 6.71. The van der Waals surface area contributed by atoms with E-state index >= 15 is 0 Å². The van der Waals surface area contributed by atoms with Crippen LogP contribution in [0.25, 0.3) is 0 Å². The minimum Gasteiger partial charge on any atom is -0.383 e. The average Bonchev–Trinajstić information content (AvgIpc) is 2.09. The van der Waals surface area contributed by atoms with E-state index in [1.54, 1.807) is 19.4 Å². The number of nitrogens with zero attached hydrogens (tertiary/aromatic N) is 1. The number of hydrogen-bond donors (Lipinski definition) is 2. The van der Waals surface area contributed by atoms with Crippen molar-refractivity contribution in [3.05, 3.63) is 12.3 Å². The molecule has 4 nitrogen and oxygen atoms in total. The topological polar surface area (TPSA) is 48.4 Å². The van der Waals surface area contributed by atoms with Crippen LogP contribution in [0.5, 0.6) is 0 Å². The third kappa shape index (κ3) is 7.24. The lowest BCUT2D eigenvalue weighted by molar-refractivity contribution is 0.159. The summed E-state index contributed by atoms with van der Waals surface area (Å²) in [4.78, 5) is 2.10. The van der Waals surface area contributed by atoms with Crippen LogP contribution in [0.3, 0.4) is 0 Å². The Kier molecular flexibility index (Phi) is 7.63. The predicted molar refractivity (Wildman–Crippen MR) is 50.4 cm³/mol. The summed E-state index contributed by atoms with van der Waals surface area (Å²) in [6, 6.07) is 0. The first-order valence-corrected chi connectivity index (χ1v) is 3.87. The Hall–Kier alpha value is -0.870. The summed E-state index contributed by atoms with van der Waals surface area (Å²) in [5.74, 6) is 0. The first-order chi connectivity index (χ1) is 5.81. The largest absolute Gasteiger partial charge is 0.383 e. The highest BCUT2D eigenvalue weighted by Gasteiger charge is 1.93. The van der Waals surface area contributed by atoms with Crippen molar-refractivity contribution in [2.45, 2.75) is 0 Å². The monoisotopic (exact) mass is 171 g/mol. The van der Waals surface area contributed by atoms with Crippen LogP contribution < -0.4 is 5.32 Å². The molecule has 0 bridgehead atoms. The highest BCUT2D eigenvalue weighted by atomic mass is 16.5. The van der Waals surface area contributed by atoms with E-state index in [4.69, 9.17) is 10.1 Å². The minimum absolute atomic E-state index is 0.743. The van der Waals surface area contributed by atoms with E-state index in [1.165, 1.54) is 6.21 Å². The lowest BCUT2D eigenvalue weighted by atomic mass is 10.6. The summed E-state index contributed by atoms with van der Waals surface area (Å²) in [5.41, 5.74) is 0. The molecule has 0 amide bonds. The van der Waals surface area contributed by atoms with Crippen LogP contribution in [0.15, 0.2) is 12.3 Å². The van der Waals surface area contributed by atoms with Gasteiger partial charge in [-0.05, 0) is 19.3 Å². The number of likely N-dealkylation sites (N-methyl/N-ethyl adjacent to an activating group) is 1. The second kappa shape index (κ2) is 8.23. The van der Waals surface area contributed by atoms with Gasteiger partial charge in [-0.3, -0.25) is 4.90 Å². The van der Waals surface area contributed by atoms with Gasteiger partial charge in [0, 0.05) is 19.9 Å². The Labute approximate surface area is 73.7 Å². The number of ether oxygens (including phenoxy) is 1. The van der Waals surface area contributed by atoms with Gasteiger partial charge in [-0.2, -0.15) is 0 Å². The van der Waals surface area contributed by atoms with Gasteiger partial charge in [-0.25, -0.2) is 0 Å². The van der Waals surface area contributed by atoms with Gasteiger partial charge in [-0.15, -0.1) is 0 Å². The van der Waals surface area contributed by atoms with Crippen LogP contribution in [0, 0.1) is 5.41 Å². The second-order valence-electron chi connectivity index (χ2n) is 2.46. The van der Waals surface area contributed by atoms with Crippen molar-refractivity contribution in [3.63, 3.8) is 0 Å². The number of rotatable bonds is 7. The molecule has 0 saturated carbocycles. The molecular weight excluding hydrogens is 154 g/mol. The molecule has 0 aliphatic rings. The Morgan fingerprint density at radius 2 is 2.33 bits per heavy atom. The minimum atomic E-state index is 0.743. The number of methoxy groups -OCH3 is 1. The first-order valence-electron chi connectivity index (χ1n) is 3.87. The fourth-order valence-electron chi connectivity index (χ4n) is 0.651. The van der Waals surface area contributed by atoms with E-state index in [-0.39, 0.29) is 0 Å². The molecule has 0 fully saturated rings. The molecule has 2 N–H and O–H groups in total. The van der Waals surface area contributed by atoms with Gasteiger partial charge in [0.1, 0.15) is 0 Å². The number of hydrogen-bond acceptors (Lipinski definition) is 4. The lowest BCUT2D eigenvalue weighted by Crippen LogP contribution is -2.30. The van der Waals surface area contributed by atoms with Gasteiger partial charge in [0.05, 0.1) is 13.3 Å². The third-order valence-electron chi connectivity index (χ3n) is 1.35. The zero-order valence-corrected chi connectivity index (χ0v) is 7.71. The van der Waals surface area contributed by atoms with E-state index < -0.39 is 0 Å². The molecular formula is C8H17N3O. The molecule has 0 radical (unpaired) electrons. The van der Waals surface area contributed by atoms with Crippen molar-refractivity contribution in [1.82, 2.24) is 10.2 Å². The van der Waals surface area contributed by atoms with Crippen molar-refractivity contribution in [2.24, 2.45) is 0 Å². The summed E-state index contributed by atoms with van der Waals surface area (Å²) < 4.78 is 4.92. The van der Waals surface area contributed by atoms with Gasteiger partial charge in [-0.1, -0.05) is 0 Å². The molecule has 0 spiro atoms. The average molecular weight is 171 g/mol. The standard InChI is InChI=1S/C8H17N3O/c1-11(6-7-12-2)8-10-5-3-4-9/h3-5,9-10H,6-8H2,1-2H3/b5-3-,9-4?. The molecule has 0 aromatic rings. The SMILES string of the molecule is COCCN(C)CN/C=C\C=N. The zero-order chi connectivity index (χ0) is 9.23. The van der Waals surface area contributed by atoms with Crippen molar-refractivity contribution < 1.29 is 4.74 Å². The van der Waals surface area contributed by atoms with Crippen LogP contribution in [0.1, 0.15) is 0 Å². The molecule has 0 aliphatic heterocycles. The highest BCUT2D eigenvalue weighted by molar-refractivity contribution is 5.67. The Morgan fingerprint density at radius 1 is 1.58 bits per heavy atom. The first kappa shape index (κ1) is 11.1. The summed E-state index contributed by atoms with van der Waals surface area (Å²) in [7, 11) is 3.69. The molecule has 0 aromatic carbocycles. The Balaban J connectivity index is 3.24. The van der Waals surface area contributed by atoms with Crippen LogP contribution in [-0.4, -0.2) is 45.1 Å². The number of nitrogens with one attached hydrogen (secondary N) is 2. The summed E-state index contributed by atoms with van der Waals surface area (Å²) in [6.07, 6.45) is 4.63. The van der Waals surface area contributed by atoms with Crippen LogP contribution >= 0.6 is 0 Å². The smallest absolute Gasteiger partial charge is 0.0671 e. The van der Waals surface area contributed by atoms with Gasteiger partial charge >= 0.3 is 0 Å². The third-order valence-corrected chi connectivity index (χ3v) is 1.35. The van der Waals surface area contributed by atoms with Crippen LogP contribution in [-0.2, 0) is 4.74 Å². The van der Waals surface area contributed by atoms with Crippen molar-refractivity contribution >= 4 is 6.21 Å². The quantitative estimate of drug-likeness (QED) is 0.427. The highest BCUT2D eigenvalue weighted by Crippen LogP contribution is 1.78. The van der Waals surface area contributed by atoms with Crippen molar-refractivity contribution in [1.29, 1.82) is 5.41 Å². The Morgan fingerprint density at radius 3 is 2.92 bits per heavy atom. The molecule has 0 saturated heterocycles. The van der Waals surface area contributed by atoms with E-state index in [0.717, 1.165) is 19.8 Å². The fourth-order valence-corrected chi connectivity index (χ4v) is 0.651. The maximum Gasteiger partial charge on any atom is 0.0671 e. The maximum absolute atomic E-state index is 6.71. The van der Waals surface area contributed by atoms with Crippen LogP contribution in [0.4, 0.5) is 0 Å². The molecule has 0 heterocycles. The van der Waals surface area contributed by atoms with E-state index in [2.05, 4.69) is 10.2 Å². The van der Waals surface area contributed by atoms with E-state index in [9.17, 15) is 0 Å². The van der Waals surface area contributed by atoms with Gasteiger partial charge in [0.2, 0.25) is 0 Å². The lowest BCUT2D eigenvalue weighted by Gasteiger charge is -2.15. The molecule has 70 valence electrons. The summed E-state index contributed by atoms with van der Waals surface area (Å²) >= 11 is 0. The van der Waals surface area contributed by atoms with Crippen molar-refractivity contribution in [3.8, 4) is 0 Å². The zero-order valence-electron chi connectivity index (χ0n) is 7.71. The van der Waals surface area contributed by atoms with Crippen molar-refractivity contribution in [2.75, 3.05) is 34.0 Å². The fraction of sp³-hybridized carbons (Fsp3) is 0.625. The summed E-state index contributed by atoms with van der Waals surface area (Å²) in [6.45, 7) is 2.42. The van der Waals surface area contributed by atoms with Gasteiger partial charge < -0.3 is 15.5 Å². The Bertz CT molecular complexity index is 136. The van der Waals surface area contributed by atoms with Gasteiger partial charge in [0.15, 0.2) is 0 Å². The molecule has 0 rings (SSSR count). The van der Waals surface area contributed by atoms with Crippen LogP contribution in [0.2, 0.25) is 0 Å². The molecule has 0 atom stereocenters. The predicted octanol–water partition coefficient (Wildman–Crippen LogP) is 0.275. The molecule has 0 aliphatic carbocycles. The van der Waals surface area contributed by atoms with E-state index in [0.29, 0.717) is 0 Å². The number of allylic oxidation sites excluding steroid dienone is 1. The van der Waals surface area contributed by atoms with E-state index in [1.807, 2.05) is 7.05 Å². The molecule has 0 unspecified atom stereocenters. The molecule has 0 aromatic heterocycles. The van der Waals surface area contributed by atoms with Gasteiger partial charge in [0.25, 0.3) is 0 Å².